The van der Waals surface area contributed by atoms with E-state index >= 15 is 0 Å². The van der Waals surface area contributed by atoms with E-state index in [4.69, 9.17) is 9.47 Å². The van der Waals surface area contributed by atoms with Crippen LogP contribution >= 0.6 is 0 Å². The predicted molar refractivity (Wildman–Crippen MR) is 146 cm³/mol. The zero-order chi connectivity index (χ0) is 26.8. The van der Waals surface area contributed by atoms with Crippen LogP contribution < -0.4 is 9.47 Å². The Morgan fingerprint density at radius 3 is 2.43 bits per heavy atom. The lowest BCUT2D eigenvalue weighted by Gasteiger charge is -2.28. The molecule has 1 fully saturated rings. The second-order valence-electron chi connectivity index (χ2n) is 8.92. The van der Waals surface area contributed by atoms with E-state index in [-0.39, 0.29) is 11.3 Å². The van der Waals surface area contributed by atoms with E-state index in [1.165, 1.54) is 0 Å². The van der Waals surface area contributed by atoms with Crippen molar-refractivity contribution in [1.29, 1.82) is 0 Å². The van der Waals surface area contributed by atoms with Crippen LogP contribution in [0.15, 0.2) is 66.8 Å². The summed E-state index contributed by atoms with van der Waals surface area (Å²) in [4.78, 5) is 30.3. The molecular formula is C30H38N2O5. The number of nitrogens with zero attached hydrogens (tertiary/aromatic N) is 2. The molecule has 2 aromatic carbocycles. The minimum atomic E-state index is -0.714. The minimum Gasteiger partial charge on any atom is -0.507 e. The van der Waals surface area contributed by atoms with Crippen molar-refractivity contribution in [3.05, 3.63) is 77.9 Å². The first kappa shape index (κ1) is 28.0. The zero-order valence-corrected chi connectivity index (χ0v) is 22.1. The summed E-state index contributed by atoms with van der Waals surface area (Å²) in [5.74, 6) is -0.247. The number of aliphatic hydroxyl groups is 1. The van der Waals surface area contributed by atoms with Gasteiger partial charge in [0, 0.05) is 18.7 Å². The van der Waals surface area contributed by atoms with Gasteiger partial charge in [0.2, 0.25) is 0 Å². The molecule has 7 heteroatoms. The Balaban J connectivity index is 2.03. The Labute approximate surface area is 220 Å². The van der Waals surface area contributed by atoms with Gasteiger partial charge in [-0.2, -0.15) is 0 Å². The van der Waals surface area contributed by atoms with Crippen LogP contribution in [-0.2, 0) is 9.59 Å². The number of benzene rings is 2. The van der Waals surface area contributed by atoms with Gasteiger partial charge in [0.1, 0.15) is 23.9 Å². The number of rotatable bonds is 14. The number of ketones is 1. The molecule has 1 heterocycles. The predicted octanol–water partition coefficient (Wildman–Crippen LogP) is 5.19. The van der Waals surface area contributed by atoms with E-state index in [0.717, 1.165) is 31.5 Å². The number of aliphatic hydroxyl groups excluding tert-OH is 1. The van der Waals surface area contributed by atoms with Crippen LogP contribution in [0, 0.1) is 0 Å². The highest BCUT2D eigenvalue weighted by atomic mass is 16.5. The second kappa shape index (κ2) is 13.7. The van der Waals surface area contributed by atoms with E-state index < -0.39 is 17.7 Å². The van der Waals surface area contributed by atoms with E-state index in [2.05, 4.69) is 32.3 Å². The third-order valence-corrected chi connectivity index (χ3v) is 6.53. The van der Waals surface area contributed by atoms with Crippen molar-refractivity contribution in [3.63, 3.8) is 0 Å². The number of carbonyl (C=O) groups excluding carboxylic acids is 2. The molecule has 198 valence electrons. The monoisotopic (exact) mass is 506 g/mol. The van der Waals surface area contributed by atoms with Gasteiger partial charge in [0.25, 0.3) is 11.7 Å². The van der Waals surface area contributed by atoms with Gasteiger partial charge in [0.15, 0.2) is 0 Å². The van der Waals surface area contributed by atoms with Gasteiger partial charge in [-0.3, -0.25) is 9.59 Å². The Kier molecular flexibility index (Phi) is 10.3. The molecule has 1 N–H and O–H groups in total. The van der Waals surface area contributed by atoms with Crippen LogP contribution in [0.5, 0.6) is 11.5 Å². The molecule has 0 bridgehead atoms. The highest BCUT2D eigenvalue weighted by Gasteiger charge is 2.46. The second-order valence-corrected chi connectivity index (χ2v) is 8.92. The fourth-order valence-electron chi connectivity index (χ4n) is 4.37. The van der Waals surface area contributed by atoms with Gasteiger partial charge in [-0.05, 0) is 49.3 Å². The van der Waals surface area contributed by atoms with E-state index in [9.17, 15) is 14.7 Å². The zero-order valence-electron chi connectivity index (χ0n) is 22.1. The highest BCUT2D eigenvalue weighted by Crippen LogP contribution is 2.40. The molecule has 37 heavy (non-hydrogen) atoms. The number of likely N-dealkylation sites (tertiary alicyclic amines) is 1. The molecule has 3 rings (SSSR count). The summed E-state index contributed by atoms with van der Waals surface area (Å²) in [6, 6.07) is 13.5. The number of hydrogen-bond donors (Lipinski definition) is 1. The normalized spacial score (nSPS) is 16.9. The lowest BCUT2D eigenvalue weighted by atomic mass is 9.95. The van der Waals surface area contributed by atoms with Crippen molar-refractivity contribution >= 4 is 17.4 Å². The Morgan fingerprint density at radius 1 is 1.05 bits per heavy atom. The first-order chi connectivity index (χ1) is 17.9. The van der Waals surface area contributed by atoms with Crippen LogP contribution in [0.3, 0.4) is 0 Å². The number of hydrogen-bond acceptors (Lipinski definition) is 6. The van der Waals surface area contributed by atoms with Gasteiger partial charge in [0.05, 0.1) is 18.2 Å². The smallest absolute Gasteiger partial charge is 0.295 e. The molecule has 1 aliphatic heterocycles. The third-order valence-electron chi connectivity index (χ3n) is 6.53. The average molecular weight is 507 g/mol. The molecule has 1 atom stereocenters. The summed E-state index contributed by atoms with van der Waals surface area (Å²) in [5.41, 5.74) is 1.24. The van der Waals surface area contributed by atoms with E-state index in [1.54, 1.807) is 41.3 Å². The number of unbranched alkanes of at least 4 members (excludes halogenated alkanes) is 1. The summed E-state index contributed by atoms with van der Waals surface area (Å²) < 4.78 is 11.4. The van der Waals surface area contributed by atoms with E-state index in [1.807, 2.05) is 18.2 Å². The van der Waals surface area contributed by atoms with Gasteiger partial charge >= 0.3 is 0 Å². The summed E-state index contributed by atoms with van der Waals surface area (Å²) >= 11 is 0. The van der Waals surface area contributed by atoms with Gasteiger partial charge in [-0.25, -0.2) is 0 Å². The molecule has 0 aliphatic carbocycles. The molecule has 2 aromatic rings. The van der Waals surface area contributed by atoms with Crippen LogP contribution in [0.25, 0.3) is 5.76 Å². The quantitative estimate of drug-likeness (QED) is 0.125. The maximum Gasteiger partial charge on any atom is 0.295 e. The van der Waals surface area contributed by atoms with Crippen LogP contribution in [-0.4, -0.2) is 66.0 Å². The third kappa shape index (κ3) is 6.80. The van der Waals surface area contributed by atoms with Gasteiger partial charge in [-0.15, -0.1) is 0 Å². The number of amides is 1. The maximum absolute atomic E-state index is 13.3. The molecule has 1 saturated heterocycles. The van der Waals surface area contributed by atoms with Crippen LogP contribution in [0.2, 0.25) is 0 Å². The Morgan fingerprint density at radius 2 is 1.78 bits per heavy atom. The maximum atomic E-state index is 13.3. The highest BCUT2D eigenvalue weighted by molar-refractivity contribution is 6.46. The van der Waals surface area contributed by atoms with Crippen molar-refractivity contribution in [2.75, 3.05) is 39.4 Å². The standard InChI is InChI=1S/C30H38N2O5/c1-5-9-20-37-25-12-10-11-23(21-25)28(33)26-27(22-13-15-24(16-14-22)36-19-6-2)32(30(35)29(26)34)18-17-31(7-3)8-4/h6,10-16,21,27,33H,2,5,7-9,17-20H2,1,3-4H3. The van der Waals surface area contributed by atoms with Crippen molar-refractivity contribution < 1.29 is 24.2 Å². The Hall–Kier alpha value is -3.58. The number of likely N-dealkylation sites (N-methyl/N-ethyl adjacent to an activating group) is 1. The van der Waals surface area contributed by atoms with Crippen LogP contribution in [0.1, 0.15) is 50.8 Å². The van der Waals surface area contributed by atoms with Crippen LogP contribution in [0.4, 0.5) is 0 Å². The fraction of sp³-hybridized carbons (Fsp3) is 0.400. The first-order valence-corrected chi connectivity index (χ1v) is 13.0. The van der Waals surface area contributed by atoms with E-state index in [0.29, 0.717) is 43.4 Å². The average Bonchev–Trinajstić information content (AvgIpc) is 3.17. The fourth-order valence-corrected chi connectivity index (χ4v) is 4.37. The van der Waals surface area contributed by atoms with Gasteiger partial charge in [-0.1, -0.05) is 64.1 Å². The SMILES string of the molecule is C=CCOc1ccc(C2C(=C(O)c3cccc(OCCCC)c3)C(=O)C(=O)N2CCN(CC)CC)cc1. The summed E-state index contributed by atoms with van der Waals surface area (Å²) in [5, 5.41) is 11.4. The lowest BCUT2D eigenvalue weighted by molar-refractivity contribution is -0.140. The topological polar surface area (TPSA) is 79.3 Å². The molecule has 1 unspecified atom stereocenters. The molecular weight excluding hydrogens is 468 g/mol. The first-order valence-electron chi connectivity index (χ1n) is 13.0. The lowest BCUT2D eigenvalue weighted by Crippen LogP contribution is -2.38. The van der Waals surface area contributed by atoms with Crippen molar-refractivity contribution in [2.24, 2.45) is 0 Å². The number of ether oxygens (including phenoxy) is 2. The molecule has 0 radical (unpaired) electrons. The summed E-state index contributed by atoms with van der Waals surface area (Å²) in [6.45, 7) is 13.5. The van der Waals surface area contributed by atoms with Crippen molar-refractivity contribution in [3.8, 4) is 11.5 Å². The molecule has 0 saturated carbocycles. The van der Waals surface area contributed by atoms with Crippen molar-refractivity contribution in [1.82, 2.24) is 9.80 Å². The largest absolute Gasteiger partial charge is 0.507 e. The summed E-state index contributed by atoms with van der Waals surface area (Å²) in [7, 11) is 0. The molecule has 1 aliphatic rings. The van der Waals surface area contributed by atoms with Gasteiger partial charge < -0.3 is 24.4 Å². The Bertz CT molecular complexity index is 1110. The molecule has 0 aromatic heterocycles. The molecule has 1 amide bonds. The van der Waals surface area contributed by atoms with Crippen molar-refractivity contribution in [2.45, 2.75) is 39.7 Å². The molecule has 0 spiro atoms. The number of Topliss-reactive ketones (excluding diaryl/α,β-unsaturated/α-hetero) is 1. The summed E-state index contributed by atoms with van der Waals surface area (Å²) in [6.07, 6.45) is 3.59. The molecule has 7 nitrogen and oxygen atoms in total. The minimum absolute atomic E-state index is 0.0787. The number of carbonyl (C=O) groups is 2.